The first-order valence-corrected chi connectivity index (χ1v) is 16.5. The smallest absolute Gasteiger partial charge is 0.372 e. The van der Waals surface area contributed by atoms with E-state index >= 15 is 0 Å². The van der Waals surface area contributed by atoms with Crippen LogP contribution in [0.5, 0.6) is 0 Å². The standard InChI is InChI=1S/C28H36N8O4S3/c1-21-19-23(7-9-25(21)29-31-27-35(5)13-17-41-27)33(3)11-15-39-43(37,38)40-16-12-34(4)24-8-10-26(22(2)20-24)30-32-28-36(6)14-18-42-28/h7-10,13-14,17-20H,11-12,15-16H2,1-6H3/q+2. The average Bonchev–Trinajstić information content (AvgIpc) is 3.58. The predicted molar refractivity (Wildman–Crippen MR) is 169 cm³/mol. The topological polar surface area (TPSA) is 116 Å². The number of thiazole rings is 2. The van der Waals surface area contributed by atoms with Gasteiger partial charge in [0.2, 0.25) is 0 Å². The number of likely N-dealkylation sites (N-methyl/N-ethyl adjacent to an activating group) is 2. The predicted octanol–water partition coefficient (Wildman–Crippen LogP) is 5.76. The first-order chi connectivity index (χ1) is 20.5. The van der Waals surface area contributed by atoms with Crippen molar-refractivity contribution in [3.05, 3.63) is 70.7 Å². The number of anilines is 2. The van der Waals surface area contributed by atoms with E-state index in [0.717, 1.165) is 44.1 Å². The molecule has 0 aliphatic heterocycles. The molecule has 4 aromatic rings. The molecule has 0 atom stereocenters. The van der Waals surface area contributed by atoms with E-state index in [1.54, 1.807) is 0 Å². The second-order valence-electron chi connectivity index (χ2n) is 9.83. The molecule has 2 aromatic heterocycles. The summed E-state index contributed by atoms with van der Waals surface area (Å²) in [6.07, 6.45) is 3.86. The molecule has 0 aliphatic rings. The highest BCUT2D eigenvalue weighted by Crippen LogP contribution is 2.28. The summed E-state index contributed by atoms with van der Waals surface area (Å²) in [4.78, 5) is 3.81. The van der Waals surface area contributed by atoms with Gasteiger partial charge in [-0.25, -0.2) is 17.5 Å². The molecule has 15 heteroatoms. The van der Waals surface area contributed by atoms with Gasteiger partial charge >= 0.3 is 20.7 Å². The Balaban J connectivity index is 1.21. The van der Waals surface area contributed by atoms with Crippen molar-refractivity contribution in [3.63, 3.8) is 0 Å². The summed E-state index contributed by atoms with van der Waals surface area (Å²) in [6.45, 7) is 4.51. The highest BCUT2D eigenvalue weighted by molar-refractivity contribution is 7.81. The van der Waals surface area contributed by atoms with Crippen molar-refractivity contribution >= 4 is 66.1 Å². The first-order valence-electron chi connectivity index (χ1n) is 13.4. The average molecular weight is 645 g/mol. The number of rotatable bonds is 14. The highest BCUT2D eigenvalue weighted by Gasteiger charge is 2.15. The van der Waals surface area contributed by atoms with Crippen LogP contribution in [0.25, 0.3) is 0 Å². The Morgan fingerprint density at radius 1 is 0.721 bits per heavy atom. The lowest BCUT2D eigenvalue weighted by molar-refractivity contribution is -0.654. The minimum Gasteiger partial charge on any atom is -0.372 e. The normalized spacial score (nSPS) is 12.0. The number of hydrogen-bond acceptors (Lipinski definition) is 12. The van der Waals surface area contributed by atoms with Crippen molar-refractivity contribution < 1.29 is 25.9 Å². The van der Waals surface area contributed by atoms with Gasteiger partial charge in [0.25, 0.3) is 0 Å². The molecule has 0 saturated carbocycles. The molecule has 0 N–H and O–H groups in total. The van der Waals surface area contributed by atoms with E-state index < -0.39 is 10.4 Å². The van der Waals surface area contributed by atoms with Crippen LogP contribution in [-0.2, 0) is 32.9 Å². The summed E-state index contributed by atoms with van der Waals surface area (Å²) < 4.78 is 38.6. The Bertz CT molecular complexity index is 1580. The summed E-state index contributed by atoms with van der Waals surface area (Å²) in [6, 6.07) is 11.6. The lowest BCUT2D eigenvalue weighted by atomic mass is 10.1. The third-order valence-electron chi connectivity index (χ3n) is 6.56. The summed E-state index contributed by atoms with van der Waals surface area (Å²) in [5.74, 6) is 0. The lowest BCUT2D eigenvalue weighted by Crippen LogP contribution is -2.27. The summed E-state index contributed by atoms with van der Waals surface area (Å²) >= 11 is 3.03. The molecule has 0 amide bonds. The van der Waals surface area contributed by atoms with E-state index in [9.17, 15) is 8.42 Å². The van der Waals surface area contributed by atoms with Gasteiger partial charge in [-0.05, 0) is 94.3 Å². The third-order valence-corrected chi connectivity index (χ3v) is 9.14. The molecule has 4 rings (SSSR count). The van der Waals surface area contributed by atoms with E-state index in [1.165, 1.54) is 22.7 Å². The van der Waals surface area contributed by atoms with Gasteiger partial charge in [-0.15, -0.1) is 0 Å². The van der Waals surface area contributed by atoms with Gasteiger partial charge in [-0.3, -0.25) is 0 Å². The van der Waals surface area contributed by atoms with Gasteiger partial charge in [0.05, 0.1) is 37.5 Å². The number of benzene rings is 2. The maximum Gasteiger partial charge on any atom is 0.408 e. The maximum atomic E-state index is 12.3. The zero-order valence-corrected chi connectivity index (χ0v) is 27.5. The van der Waals surface area contributed by atoms with Crippen LogP contribution in [0.1, 0.15) is 11.1 Å². The molecule has 228 valence electrons. The Hall–Kier alpha value is -3.63. The molecular formula is C28H36N8O4S3+2. The lowest BCUT2D eigenvalue weighted by Gasteiger charge is -2.21. The van der Waals surface area contributed by atoms with Crippen LogP contribution >= 0.6 is 22.7 Å². The van der Waals surface area contributed by atoms with E-state index in [2.05, 4.69) is 20.5 Å². The van der Waals surface area contributed by atoms with E-state index in [1.807, 2.05) is 121 Å². The molecule has 2 heterocycles. The van der Waals surface area contributed by atoms with Crippen LogP contribution in [0.2, 0.25) is 0 Å². The van der Waals surface area contributed by atoms with Gasteiger partial charge in [0, 0.05) is 49.3 Å². The minimum absolute atomic E-state index is 0.0528. The number of aryl methyl sites for hydroxylation is 4. The van der Waals surface area contributed by atoms with Gasteiger partial charge in [-0.1, -0.05) is 0 Å². The molecule has 0 saturated heterocycles. The fraction of sp³-hybridized carbons (Fsp3) is 0.357. The Labute approximate surface area is 260 Å². The molecule has 2 aromatic carbocycles. The van der Waals surface area contributed by atoms with Gasteiger partial charge in [-0.2, -0.15) is 8.42 Å². The van der Waals surface area contributed by atoms with Crippen molar-refractivity contribution in [2.45, 2.75) is 13.8 Å². The molecule has 0 aliphatic carbocycles. The van der Waals surface area contributed by atoms with Crippen LogP contribution in [0.15, 0.2) is 80.0 Å². The van der Waals surface area contributed by atoms with Crippen LogP contribution < -0.4 is 18.9 Å². The van der Waals surface area contributed by atoms with Crippen LogP contribution in [0, 0.1) is 13.8 Å². The molecule has 0 spiro atoms. The fourth-order valence-electron chi connectivity index (χ4n) is 3.86. The summed E-state index contributed by atoms with van der Waals surface area (Å²) in [7, 11) is 3.43. The van der Waals surface area contributed by atoms with Crippen molar-refractivity contribution in [1.29, 1.82) is 0 Å². The molecule has 0 radical (unpaired) electrons. The van der Waals surface area contributed by atoms with E-state index in [4.69, 9.17) is 8.37 Å². The SMILES string of the molecule is Cc1cc(N(C)CCOS(=O)(=O)OCCN(C)c2ccc(N=Nc3scc[n+]3C)c(C)c2)ccc1N=Nc1scc[n+]1C. The molecule has 0 unspecified atom stereocenters. The molecule has 0 fully saturated rings. The Morgan fingerprint density at radius 2 is 1.14 bits per heavy atom. The van der Waals surface area contributed by atoms with Gasteiger partial charge in [0.15, 0.2) is 0 Å². The van der Waals surface area contributed by atoms with Crippen LogP contribution in [0.4, 0.5) is 33.0 Å². The van der Waals surface area contributed by atoms with Crippen molar-refractivity contribution in [2.75, 3.05) is 50.2 Å². The Kier molecular flexibility index (Phi) is 11.0. The zero-order valence-electron chi connectivity index (χ0n) is 25.0. The maximum absolute atomic E-state index is 12.3. The Morgan fingerprint density at radius 3 is 1.49 bits per heavy atom. The molecule has 43 heavy (non-hydrogen) atoms. The number of nitrogens with zero attached hydrogens (tertiary/aromatic N) is 8. The third kappa shape index (κ3) is 9.18. The molecule has 12 nitrogen and oxygen atoms in total. The van der Waals surface area contributed by atoms with Gasteiger partial charge in [0.1, 0.15) is 23.8 Å². The van der Waals surface area contributed by atoms with Crippen molar-refractivity contribution in [2.24, 2.45) is 34.6 Å². The largest absolute Gasteiger partial charge is 0.408 e. The molecule has 0 bridgehead atoms. The van der Waals surface area contributed by atoms with E-state index in [-0.39, 0.29) is 13.2 Å². The number of hydrogen-bond donors (Lipinski definition) is 0. The first kappa shape index (κ1) is 32.3. The van der Waals surface area contributed by atoms with Crippen molar-refractivity contribution in [1.82, 2.24) is 0 Å². The van der Waals surface area contributed by atoms with Crippen LogP contribution in [-0.4, -0.2) is 48.8 Å². The van der Waals surface area contributed by atoms with Crippen LogP contribution in [0.3, 0.4) is 0 Å². The quantitative estimate of drug-likeness (QED) is 0.127. The highest BCUT2D eigenvalue weighted by atomic mass is 32.3. The van der Waals surface area contributed by atoms with Gasteiger partial charge < -0.3 is 9.80 Å². The minimum atomic E-state index is -4.14. The monoisotopic (exact) mass is 644 g/mol. The fourth-order valence-corrected chi connectivity index (χ4v) is 5.85. The summed E-state index contributed by atoms with van der Waals surface area (Å²) in [5.41, 5.74) is 5.26. The number of azo groups is 2. The second kappa shape index (κ2) is 14.7. The zero-order chi connectivity index (χ0) is 31.0. The number of aromatic nitrogens is 2. The molecular weight excluding hydrogens is 609 g/mol. The second-order valence-corrected chi connectivity index (χ2v) is 12.9. The summed E-state index contributed by atoms with van der Waals surface area (Å²) in [5, 5.41) is 22.8. The van der Waals surface area contributed by atoms with Crippen molar-refractivity contribution in [3.8, 4) is 0 Å². The van der Waals surface area contributed by atoms with E-state index in [0.29, 0.717) is 13.1 Å².